The molecule has 4 nitrogen and oxygen atoms in total. The molecule has 0 fully saturated rings. The highest BCUT2D eigenvalue weighted by molar-refractivity contribution is 7.81. The van der Waals surface area contributed by atoms with E-state index < -0.39 is 0 Å². The van der Waals surface area contributed by atoms with Crippen LogP contribution >= 0.6 is 24.4 Å². The maximum absolute atomic E-state index is 5.40. The highest BCUT2D eigenvalue weighted by atomic mass is 32.1. The number of imidazole rings is 1. The molecule has 0 spiro atoms. The molecule has 2 heterocycles. The summed E-state index contributed by atoms with van der Waals surface area (Å²) in [6.45, 7) is 0.668. The maximum atomic E-state index is 5.40. The van der Waals surface area contributed by atoms with Gasteiger partial charge in [-0.05, 0) is 0 Å². The minimum Gasteiger partial charge on any atom is -0.357 e. The minimum absolute atomic E-state index is 0.668. The summed E-state index contributed by atoms with van der Waals surface area (Å²) in [6.07, 6.45) is 1.76. The van der Waals surface area contributed by atoms with E-state index in [-0.39, 0.29) is 0 Å². The zero-order valence-electron chi connectivity index (χ0n) is 8.89. The number of likely N-dealkylation sites (N-methyl/N-ethyl adjacent to an activating group) is 2. The number of aryl methyl sites for hydroxylation is 1. The van der Waals surface area contributed by atoms with E-state index in [1.807, 2.05) is 35.5 Å². The number of nitrogens with zero attached hydrogens (tertiary/aromatic N) is 4. The van der Waals surface area contributed by atoms with Gasteiger partial charge in [-0.1, -0.05) is 24.4 Å². The fourth-order valence-corrected chi connectivity index (χ4v) is 2.17. The first-order chi connectivity index (χ1) is 7.02. The van der Waals surface area contributed by atoms with E-state index in [1.165, 1.54) is 0 Å². The van der Waals surface area contributed by atoms with Gasteiger partial charge in [0.1, 0.15) is 15.7 Å². The Labute approximate surface area is 99.5 Å². The first kappa shape index (κ1) is 10.5. The summed E-state index contributed by atoms with van der Waals surface area (Å²) in [5.74, 6) is 0.844. The molecule has 0 unspecified atom stereocenters. The van der Waals surface area contributed by atoms with Crippen LogP contribution in [-0.2, 0) is 7.05 Å². The Bertz CT molecular complexity index is 437. The lowest BCUT2D eigenvalue weighted by atomic mass is 10.4. The summed E-state index contributed by atoms with van der Waals surface area (Å²) in [5.41, 5.74) is 0.954. The summed E-state index contributed by atoms with van der Waals surface area (Å²) >= 11 is 10.7. The fraction of sp³-hybridized carbons (Fsp3) is 0.444. The number of rotatable bonds is 0. The lowest BCUT2D eigenvalue weighted by Gasteiger charge is -2.18. The van der Waals surface area contributed by atoms with Crippen LogP contribution in [0.25, 0.3) is 0 Å². The van der Waals surface area contributed by atoms with Crippen molar-refractivity contribution in [2.45, 2.75) is 0 Å². The summed E-state index contributed by atoms with van der Waals surface area (Å²) < 4.78 is 1.93. The normalized spacial score (nSPS) is 16.7. The molecule has 2 rings (SSSR count). The molecule has 0 bridgehead atoms. The average Bonchev–Trinajstić information content (AvgIpc) is 2.54. The third-order valence-electron chi connectivity index (χ3n) is 2.53. The highest BCUT2D eigenvalue weighted by Gasteiger charge is 2.26. The van der Waals surface area contributed by atoms with Crippen LogP contribution in [0.1, 0.15) is 5.69 Å². The number of anilines is 1. The average molecular weight is 240 g/mol. The smallest absolute Gasteiger partial charge is 0.162 e. The molecule has 0 aliphatic carbocycles. The Hall–Kier alpha value is -1.01. The van der Waals surface area contributed by atoms with Crippen LogP contribution in [-0.4, -0.2) is 45.1 Å². The van der Waals surface area contributed by atoms with Gasteiger partial charge in [-0.15, -0.1) is 0 Å². The van der Waals surface area contributed by atoms with Gasteiger partial charge in [-0.25, -0.2) is 4.98 Å². The van der Waals surface area contributed by atoms with Gasteiger partial charge in [0.2, 0.25) is 0 Å². The molecule has 1 aromatic rings. The minimum atomic E-state index is 0.668. The number of fused-ring (bicyclic) bond motifs is 1. The Morgan fingerprint density at radius 1 is 1.27 bits per heavy atom. The number of hydrogen-bond acceptors (Lipinski definition) is 3. The second-order valence-electron chi connectivity index (χ2n) is 3.64. The second-order valence-corrected chi connectivity index (χ2v) is 4.50. The van der Waals surface area contributed by atoms with E-state index in [0.29, 0.717) is 6.54 Å². The Morgan fingerprint density at radius 2 is 1.93 bits per heavy atom. The molecular formula is C9H12N4S2. The number of aromatic nitrogens is 2. The summed E-state index contributed by atoms with van der Waals surface area (Å²) in [4.78, 5) is 9.83. The highest BCUT2D eigenvalue weighted by Crippen LogP contribution is 2.22. The third kappa shape index (κ3) is 1.53. The van der Waals surface area contributed by atoms with E-state index in [1.54, 1.807) is 6.33 Å². The summed E-state index contributed by atoms with van der Waals surface area (Å²) in [6, 6.07) is 0. The van der Waals surface area contributed by atoms with E-state index in [2.05, 4.69) is 4.98 Å². The van der Waals surface area contributed by atoms with Crippen molar-refractivity contribution in [1.82, 2.24) is 14.5 Å². The van der Waals surface area contributed by atoms with E-state index in [4.69, 9.17) is 24.4 Å². The van der Waals surface area contributed by atoms with Gasteiger partial charge in [-0.2, -0.15) is 0 Å². The molecular weight excluding hydrogens is 228 g/mol. The third-order valence-corrected chi connectivity index (χ3v) is 3.44. The predicted molar refractivity (Wildman–Crippen MR) is 68.5 cm³/mol. The zero-order chi connectivity index (χ0) is 11.2. The first-order valence-electron chi connectivity index (χ1n) is 4.55. The van der Waals surface area contributed by atoms with Crippen LogP contribution in [0.4, 0.5) is 5.82 Å². The van der Waals surface area contributed by atoms with E-state index in [0.717, 1.165) is 21.5 Å². The van der Waals surface area contributed by atoms with Crippen LogP contribution < -0.4 is 4.90 Å². The fourth-order valence-electron chi connectivity index (χ4n) is 1.59. The Balaban J connectivity index is 2.61. The maximum Gasteiger partial charge on any atom is 0.162 e. The van der Waals surface area contributed by atoms with Gasteiger partial charge < -0.3 is 14.4 Å². The summed E-state index contributed by atoms with van der Waals surface area (Å²) in [5, 5.41) is 0. The van der Waals surface area contributed by atoms with Gasteiger partial charge in [-0.3, -0.25) is 0 Å². The van der Waals surface area contributed by atoms with Crippen molar-refractivity contribution in [3.8, 4) is 0 Å². The van der Waals surface area contributed by atoms with Gasteiger partial charge in [0, 0.05) is 21.1 Å². The van der Waals surface area contributed by atoms with E-state index >= 15 is 0 Å². The molecule has 0 amide bonds. The van der Waals surface area contributed by atoms with Crippen molar-refractivity contribution in [3.63, 3.8) is 0 Å². The molecule has 0 saturated carbocycles. The van der Waals surface area contributed by atoms with Crippen LogP contribution in [0.5, 0.6) is 0 Å². The quantitative estimate of drug-likeness (QED) is 0.625. The standard InChI is InChI=1S/C9H12N4S2/c1-11-4-6(14)13(3)8-7(9(11)15)12(2)5-10-8/h5H,4H2,1-3H3. The second kappa shape index (κ2) is 3.53. The zero-order valence-corrected chi connectivity index (χ0v) is 10.5. The lowest BCUT2D eigenvalue weighted by Crippen LogP contribution is -2.34. The van der Waals surface area contributed by atoms with Crippen molar-refractivity contribution in [2.24, 2.45) is 7.05 Å². The molecule has 1 aliphatic heterocycles. The van der Waals surface area contributed by atoms with Crippen molar-refractivity contribution in [1.29, 1.82) is 0 Å². The first-order valence-corrected chi connectivity index (χ1v) is 5.37. The predicted octanol–water partition coefficient (Wildman–Crippen LogP) is 0.805. The van der Waals surface area contributed by atoms with Crippen LogP contribution in [0.15, 0.2) is 6.33 Å². The van der Waals surface area contributed by atoms with Gasteiger partial charge in [0.05, 0.1) is 12.9 Å². The lowest BCUT2D eigenvalue weighted by molar-refractivity contribution is 0.591. The molecule has 0 radical (unpaired) electrons. The van der Waals surface area contributed by atoms with Crippen LogP contribution in [0, 0.1) is 0 Å². The van der Waals surface area contributed by atoms with Crippen molar-refractivity contribution < 1.29 is 0 Å². The summed E-state index contributed by atoms with van der Waals surface area (Å²) in [7, 11) is 5.81. The monoisotopic (exact) mass is 240 g/mol. The SMILES string of the molecule is CN1CC(=S)N(C)c2ncn(C)c2C1=S. The topological polar surface area (TPSA) is 24.3 Å². The molecule has 0 N–H and O–H groups in total. The molecule has 0 aromatic carbocycles. The van der Waals surface area contributed by atoms with Gasteiger partial charge in [0.25, 0.3) is 0 Å². The van der Waals surface area contributed by atoms with Crippen molar-refractivity contribution >= 4 is 40.2 Å². The van der Waals surface area contributed by atoms with Crippen molar-refractivity contribution in [3.05, 3.63) is 12.0 Å². The van der Waals surface area contributed by atoms with E-state index in [9.17, 15) is 0 Å². The largest absolute Gasteiger partial charge is 0.357 e. The van der Waals surface area contributed by atoms with Crippen LogP contribution in [0.2, 0.25) is 0 Å². The molecule has 0 atom stereocenters. The van der Waals surface area contributed by atoms with Crippen molar-refractivity contribution in [2.75, 3.05) is 25.5 Å². The number of thiocarbonyl (C=S) groups is 2. The van der Waals surface area contributed by atoms with Crippen LogP contribution in [0.3, 0.4) is 0 Å². The molecule has 0 saturated heterocycles. The molecule has 1 aliphatic rings. The molecule has 80 valence electrons. The molecule has 6 heteroatoms. The van der Waals surface area contributed by atoms with Gasteiger partial charge in [0.15, 0.2) is 5.82 Å². The molecule has 1 aromatic heterocycles. The Kier molecular flexibility index (Phi) is 2.47. The van der Waals surface area contributed by atoms with Gasteiger partial charge >= 0.3 is 0 Å². The Morgan fingerprint density at radius 3 is 2.60 bits per heavy atom. The molecule has 15 heavy (non-hydrogen) atoms. The number of hydrogen-bond donors (Lipinski definition) is 0.